The highest BCUT2D eigenvalue weighted by atomic mass is 35.5. The number of allylic oxidation sites excluding steroid dienone is 4. The fourth-order valence-corrected chi connectivity index (χ4v) is 5.30. The van der Waals surface area contributed by atoms with Crippen molar-refractivity contribution < 1.29 is 9.50 Å². The molecule has 2 aliphatic heterocycles. The second-order valence-electron chi connectivity index (χ2n) is 11.0. The zero-order valence-electron chi connectivity index (χ0n) is 23.2. The molecule has 0 unspecified atom stereocenters. The minimum Gasteiger partial charge on any atom is -0.508 e. The Hall–Kier alpha value is -3.20. The zero-order chi connectivity index (χ0) is 27.8. The van der Waals surface area contributed by atoms with Gasteiger partial charge in [-0.05, 0) is 82.0 Å². The quantitative estimate of drug-likeness (QED) is 0.593. The van der Waals surface area contributed by atoms with E-state index < -0.39 is 0 Å². The highest BCUT2D eigenvalue weighted by molar-refractivity contribution is 6.34. The Morgan fingerprint density at radius 2 is 1.64 bits per heavy atom. The van der Waals surface area contributed by atoms with E-state index in [0.717, 1.165) is 48.5 Å². The molecule has 0 atom stereocenters. The van der Waals surface area contributed by atoms with E-state index in [9.17, 15) is 9.50 Å². The number of anilines is 2. The summed E-state index contributed by atoms with van der Waals surface area (Å²) >= 11 is 6.92. The van der Waals surface area contributed by atoms with Crippen molar-refractivity contribution in [1.29, 1.82) is 0 Å². The van der Waals surface area contributed by atoms with Gasteiger partial charge in [0.2, 0.25) is 5.95 Å². The Labute approximate surface area is 234 Å². The van der Waals surface area contributed by atoms with Crippen LogP contribution in [0.5, 0.6) is 0 Å². The molecule has 2 saturated heterocycles. The maximum atomic E-state index is 14.4. The Kier molecular flexibility index (Phi) is 7.80. The molecule has 1 N–H and O–H groups in total. The minimum atomic E-state index is 0.172. The van der Waals surface area contributed by atoms with Crippen molar-refractivity contribution in [3.05, 3.63) is 74.0 Å². The molecule has 0 radical (unpaired) electrons. The summed E-state index contributed by atoms with van der Waals surface area (Å²) in [5, 5.41) is 11.7. The monoisotopic (exact) mass is 550 g/mol. The van der Waals surface area contributed by atoms with Crippen molar-refractivity contribution in [3.8, 4) is 0 Å². The smallest absolute Gasteiger partial charge is 0.228 e. The van der Waals surface area contributed by atoms with Gasteiger partial charge in [-0.3, -0.25) is 0 Å². The van der Waals surface area contributed by atoms with Crippen LogP contribution in [-0.2, 0) is 6.42 Å². The number of fused-ring (bicyclic) bond motifs is 1. The molecule has 2 fully saturated rings. The molecule has 1 aliphatic carbocycles. The van der Waals surface area contributed by atoms with Gasteiger partial charge in [-0.1, -0.05) is 35.9 Å². The summed E-state index contributed by atoms with van der Waals surface area (Å²) in [5.41, 5.74) is 3.78. The Balaban J connectivity index is 1.56. The van der Waals surface area contributed by atoms with Crippen molar-refractivity contribution in [2.24, 2.45) is 0 Å². The second kappa shape index (κ2) is 11.1. The van der Waals surface area contributed by atoms with E-state index in [2.05, 4.69) is 52.8 Å². The zero-order valence-corrected chi connectivity index (χ0v) is 24.0. The summed E-state index contributed by atoms with van der Waals surface area (Å²) in [7, 11) is 8.24. The lowest BCUT2D eigenvalue weighted by molar-refractivity contribution is 0.242. The third-order valence-corrected chi connectivity index (χ3v) is 8.38. The number of nitrogens with zero attached hydrogens (tertiary/aromatic N) is 6. The highest BCUT2D eigenvalue weighted by Gasteiger charge is 2.33. The van der Waals surface area contributed by atoms with Crippen LogP contribution in [0.4, 0.5) is 16.2 Å². The van der Waals surface area contributed by atoms with Gasteiger partial charge in [-0.25, -0.2) is 9.37 Å². The maximum Gasteiger partial charge on any atom is 0.228 e. The first-order valence-corrected chi connectivity index (χ1v) is 13.6. The topological polar surface area (TPSA) is 59.0 Å². The van der Waals surface area contributed by atoms with Gasteiger partial charge in [0.05, 0.1) is 0 Å². The van der Waals surface area contributed by atoms with Gasteiger partial charge < -0.3 is 24.7 Å². The van der Waals surface area contributed by atoms with E-state index in [-0.39, 0.29) is 11.1 Å². The summed E-state index contributed by atoms with van der Waals surface area (Å²) < 4.78 is 14.4. The van der Waals surface area contributed by atoms with Crippen molar-refractivity contribution in [3.63, 3.8) is 0 Å². The molecule has 39 heavy (non-hydrogen) atoms. The fourth-order valence-electron chi connectivity index (χ4n) is 5.07. The molecule has 7 nitrogen and oxygen atoms in total. The van der Waals surface area contributed by atoms with Crippen molar-refractivity contribution in [1.82, 2.24) is 19.8 Å². The van der Waals surface area contributed by atoms with E-state index >= 15 is 0 Å². The molecular weight excluding hydrogens is 515 g/mol. The van der Waals surface area contributed by atoms with E-state index in [1.54, 1.807) is 18.2 Å². The second-order valence-corrected chi connectivity index (χ2v) is 11.4. The molecule has 3 aliphatic rings. The van der Waals surface area contributed by atoms with E-state index in [1.807, 2.05) is 31.2 Å². The number of benzene rings is 1. The Morgan fingerprint density at radius 1 is 1.00 bits per heavy atom. The molecule has 3 heterocycles. The maximum absolute atomic E-state index is 14.4. The normalized spacial score (nSPS) is 19.9. The minimum absolute atomic E-state index is 0.172. The molecule has 0 amide bonds. The lowest BCUT2D eigenvalue weighted by Crippen LogP contribution is -2.61. The molecular formula is C30H36ClFN6O. The van der Waals surface area contributed by atoms with Gasteiger partial charge in [-0.2, -0.15) is 4.98 Å². The number of rotatable bonds is 6. The first-order chi connectivity index (χ1) is 18.6. The van der Waals surface area contributed by atoms with Crippen molar-refractivity contribution in [2.75, 3.05) is 64.2 Å². The third-order valence-electron chi connectivity index (χ3n) is 7.99. The number of aromatic nitrogens is 2. The fraction of sp³-hybridized carbons (Fsp3) is 0.400. The Morgan fingerprint density at radius 3 is 2.28 bits per heavy atom. The predicted molar refractivity (Wildman–Crippen MR) is 158 cm³/mol. The van der Waals surface area contributed by atoms with Gasteiger partial charge in [0.15, 0.2) is 0 Å². The van der Waals surface area contributed by atoms with Crippen LogP contribution in [0.3, 0.4) is 0 Å². The van der Waals surface area contributed by atoms with Crippen LogP contribution in [0, 0.1) is 0 Å². The van der Waals surface area contributed by atoms with Gasteiger partial charge in [0, 0.05) is 48.5 Å². The molecule has 0 saturated carbocycles. The summed E-state index contributed by atoms with van der Waals surface area (Å²) in [4.78, 5) is 18.1. The van der Waals surface area contributed by atoms with Crippen LogP contribution in [0.25, 0.3) is 18.5 Å². The molecule has 206 valence electrons. The largest absolute Gasteiger partial charge is 0.508 e. The summed E-state index contributed by atoms with van der Waals surface area (Å²) in [6.45, 7) is 5.10. The van der Waals surface area contributed by atoms with Crippen LogP contribution >= 0.6 is 11.6 Å². The van der Waals surface area contributed by atoms with Gasteiger partial charge in [0.1, 0.15) is 23.3 Å². The van der Waals surface area contributed by atoms with Gasteiger partial charge >= 0.3 is 0 Å². The standard InChI is InChI=1S/C30H36ClFN6O/c1-19(22-10-20-8-6-7-9-21(20)11-25(39)12-22)27(31)13-26-28(14-32)33-30(38-17-24(18-38)36(4)5)34-29(26)37-15-23(16-37)35(2)3/h6-9,11-14,23-24,39H,10,15-18H2,1-5H3/b26-13+,27-19-,28-14-. The number of aliphatic hydroxyl groups excluding tert-OH is 1. The molecule has 1 aromatic heterocycles. The molecule has 9 heteroatoms. The summed E-state index contributed by atoms with van der Waals surface area (Å²) in [6, 6.07) is 8.79. The molecule has 0 spiro atoms. The van der Waals surface area contributed by atoms with Crippen LogP contribution < -0.4 is 20.4 Å². The predicted octanol–water partition coefficient (Wildman–Crippen LogP) is 3.06. The van der Waals surface area contributed by atoms with Crippen molar-refractivity contribution in [2.45, 2.75) is 25.4 Å². The van der Waals surface area contributed by atoms with Crippen LogP contribution in [0.1, 0.15) is 18.1 Å². The van der Waals surface area contributed by atoms with Crippen LogP contribution in [0.2, 0.25) is 0 Å². The highest BCUT2D eigenvalue weighted by Crippen LogP contribution is 2.29. The van der Waals surface area contributed by atoms with Crippen molar-refractivity contribution >= 4 is 41.8 Å². The van der Waals surface area contributed by atoms with E-state index in [0.29, 0.717) is 46.9 Å². The number of aliphatic hydroxyl groups is 1. The SMILES string of the molecule is C\C(C1=CC(O)=Cc2ccccc2C1)=C(Cl)/C=c1/c(N2CC(N(C)C)C2)nc(N2CC(N(C)C)C2)n/c1=C\F. The number of likely N-dealkylation sites (N-methyl/N-ethyl adjacent to an activating group) is 2. The first kappa shape index (κ1) is 27.4. The number of halogens is 2. The van der Waals surface area contributed by atoms with E-state index in [4.69, 9.17) is 16.6 Å². The summed E-state index contributed by atoms with van der Waals surface area (Å²) in [5.74, 6) is 1.39. The lowest BCUT2D eigenvalue weighted by atomic mass is 9.97. The number of hydrogen-bond acceptors (Lipinski definition) is 7. The summed E-state index contributed by atoms with van der Waals surface area (Å²) in [6.07, 6.45) is 6.44. The van der Waals surface area contributed by atoms with Gasteiger partial charge in [-0.15, -0.1) is 0 Å². The van der Waals surface area contributed by atoms with Crippen LogP contribution in [0.15, 0.2) is 52.3 Å². The Bertz CT molecular complexity index is 1470. The van der Waals surface area contributed by atoms with Gasteiger partial charge in [0.25, 0.3) is 0 Å². The number of hydrogen-bond donors (Lipinski definition) is 1. The third kappa shape index (κ3) is 5.60. The average molecular weight is 551 g/mol. The average Bonchev–Trinajstić information content (AvgIpc) is 3.00. The van der Waals surface area contributed by atoms with E-state index in [1.165, 1.54) is 0 Å². The van der Waals surface area contributed by atoms with Crippen LogP contribution in [-0.4, -0.2) is 91.3 Å². The molecule has 2 aromatic rings. The lowest BCUT2D eigenvalue weighted by Gasteiger charge is -2.45. The first-order valence-electron chi connectivity index (χ1n) is 13.2. The molecule has 1 aromatic carbocycles. The molecule has 0 bridgehead atoms. The molecule has 5 rings (SSSR count).